The maximum Gasteiger partial charge on any atom is 0.232 e. The monoisotopic (exact) mass is 279 g/mol. The highest BCUT2D eigenvalue weighted by Crippen LogP contribution is 2.22. The average molecular weight is 280 g/mol. The van der Waals surface area contributed by atoms with Crippen LogP contribution in [0, 0.1) is 0 Å². The van der Waals surface area contributed by atoms with E-state index in [1.54, 1.807) is 13.2 Å². The number of nitrogens with one attached hydrogen (secondary N) is 1. The van der Waals surface area contributed by atoms with Crippen LogP contribution in [0.15, 0.2) is 22.7 Å². The van der Waals surface area contributed by atoms with Crippen molar-refractivity contribution in [3.8, 4) is 5.75 Å². The predicted molar refractivity (Wildman–Crippen MR) is 58.3 cm³/mol. The number of methoxy groups -OCH3 is 1. The molecule has 1 aromatic rings. The molecule has 0 fully saturated rings. The summed E-state index contributed by atoms with van der Waals surface area (Å²) < 4.78 is 27.3. The first-order valence-electron chi connectivity index (χ1n) is 3.80. The van der Waals surface area contributed by atoms with Crippen LogP contribution in [0.25, 0.3) is 0 Å². The van der Waals surface area contributed by atoms with Crippen molar-refractivity contribution < 1.29 is 13.5 Å². The Morgan fingerprint density at radius 1 is 1.64 bits per heavy atom. The Hall–Kier alpha value is -0.430. The molecule has 0 aliphatic rings. The standard InChI is InChI=1S/C8H10BrNO3S/c1-13-8-3-2-7(9)4-6(8)5-10-14(11)12/h2-4,10H,5H2,1H3,(H,11,12). The summed E-state index contributed by atoms with van der Waals surface area (Å²) >= 11 is 1.31. The molecule has 0 aliphatic carbocycles. The van der Waals surface area contributed by atoms with E-state index in [9.17, 15) is 4.21 Å². The molecular weight excluding hydrogens is 270 g/mol. The zero-order valence-corrected chi connectivity index (χ0v) is 9.89. The number of halogens is 1. The minimum absolute atomic E-state index is 0.283. The van der Waals surface area contributed by atoms with Crippen molar-refractivity contribution in [2.75, 3.05) is 7.11 Å². The maximum absolute atomic E-state index is 10.4. The lowest BCUT2D eigenvalue weighted by Gasteiger charge is -2.08. The lowest BCUT2D eigenvalue weighted by molar-refractivity contribution is 0.409. The van der Waals surface area contributed by atoms with Gasteiger partial charge in [0.15, 0.2) is 0 Å². The summed E-state index contributed by atoms with van der Waals surface area (Å²) in [7, 11) is 1.56. The van der Waals surface area contributed by atoms with Crippen LogP contribution >= 0.6 is 15.9 Å². The van der Waals surface area contributed by atoms with E-state index >= 15 is 0 Å². The summed E-state index contributed by atoms with van der Waals surface area (Å²) in [6.45, 7) is 0.283. The lowest BCUT2D eigenvalue weighted by atomic mass is 10.2. The van der Waals surface area contributed by atoms with Gasteiger partial charge in [-0.2, -0.15) is 0 Å². The quantitative estimate of drug-likeness (QED) is 0.825. The molecular formula is C8H10BrNO3S. The van der Waals surface area contributed by atoms with Gasteiger partial charge in [-0.25, -0.2) is 8.93 Å². The van der Waals surface area contributed by atoms with Gasteiger partial charge >= 0.3 is 0 Å². The molecule has 1 aromatic carbocycles. The van der Waals surface area contributed by atoms with Gasteiger partial charge in [0.05, 0.1) is 7.11 Å². The fraction of sp³-hybridized carbons (Fsp3) is 0.250. The van der Waals surface area contributed by atoms with Crippen LogP contribution in [0.1, 0.15) is 5.56 Å². The summed E-state index contributed by atoms with van der Waals surface area (Å²) in [6.07, 6.45) is 0. The molecule has 2 N–H and O–H groups in total. The van der Waals surface area contributed by atoms with Crippen LogP contribution < -0.4 is 9.46 Å². The zero-order valence-electron chi connectivity index (χ0n) is 7.49. The van der Waals surface area contributed by atoms with E-state index in [4.69, 9.17) is 9.29 Å². The first-order valence-corrected chi connectivity index (χ1v) is 5.70. The van der Waals surface area contributed by atoms with E-state index in [1.807, 2.05) is 12.1 Å². The summed E-state index contributed by atoms with van der Waals surface area (Å²) in [6, 6.07) is 5.47. The van der Waals surface area contributed by atoms with Gasteiger partial charge in [0, 0.05) is 16.6 Å². The molecule has 0 spiro atoms. The third kappa shape index (κ3) is 3.38. The molecule has 6 heteroatoms. The minimum atomic E-state index is -2.00. The summed E-state index contributed by atoms with van der Waals surface area (Å²) in [5.74, 6) is 0.686. The highest BCUT2D eigenvalue weighted by atomic mass is 79.9. The summed E-state index contributed by atoms with van der Waals surface area (Å²) in [5.41, 5.74) is 0.823. The molecule has 1 atom stereocenters. The topological polar surface area (TPSA) is 58.6 Å². The van der Waals surface area contributed by atoms with Crippen LogP contribution in [0.2, 0.25) is 0 Å². The van der Waals surface area contributed by atoms with Gasteiger partial charge in [0.1, 0.15) is 5.75 Å². The van der Waals surface area contributed by atoms with Gasteiger partial charge in [-0.15, -0.1) is 0 Å². The van der Waals surface area contributed by atoms with Gasteiger partial charge in [-0.05, 0) is 18.2 Å². The second-order valence-electron chi connectivity index (χ2n) is 2.53. The minimum Gasteiger partial charge on any atom is -0.496 e. The highest BCUT2D eigenvalue weighted by molar-refractivity contribution is 9.10. The number of benzene rings is 1. The molecule has 4 nitrogen and oxygen atoms in total. The Balaban J connectivity index is 2.82. The van der Waals surface area contributed by atoms with E-state index in [1.165, 1.54) is 0 Å². The predicted octanol–water partition coefficient (Wildman–Crippen LogP) is 1.68. The van der Waals surface area contributed by atoms with E-state index in [-0.39, 0.29) is 6.54 Å². The molecule has 0 saturated carbocycles. The van der Waals surface area contributed by atoms with Crippen LogP contribution in [-0.4, -0.2) is 15.9 Å². The van der Waals surface area contributed by atoms with Crippen molar-refractivity contribution in [2.24, 2.45) is 0 Å². The Labute approximate surface area is 93.2 Å². The Morgan fingerprint density at radius 3 is 2.93 bits per heavy atom. The van der Waals surface area contributed by atoms with Gasteiger partial charge in [-0.1, -0.05) is 15.9 Å². The first-order chi connectivity index (χ1) is 6.63. The Bertz CT molecular complexity index is 345. The Kier molecular flexibility index (Phi) is 4.53. The fourth-order valence-corrected chi connectivity index (χ4v) is 1.71. The molecule has 0 saturated heterocycles. The zero-order chi connectivity index (χ0) is 10.6. The van der Waals surface area contributed by atoms with Crippen LogP contribution in [0.5, 0.6) is 5.75 Å². The SMILES string of the molecule is COc1ccc(Br)cc1CNS(=O)O. The maximum atomic E-state index is 10.4. The van der Waals surface area contributed by atoms with Gasteiger partial charge < -0.3 is 4.74 Å². The lowest BCUT2D eigenvalue weighted by Crippen LogP contribution is -2.15. The van der Waals surface area contributed by atoms with Crippen molar-refractivity contribution in [1.29, 1.82) is 0 Å². The molecule has 0 heterocycles. The van der Waals surface area contributed by atoms with Crippen LogP contribution in [-0.2, 0) is 17.8 Å². The molecule has 0 bridgehead atoms. The van der Waals surface area contributed by atoms with Crippen molar-refractivity contribution in [3.05, 3.63) is 28.2 Å². The first kappa shape index (κ1) is 11.6. The second-order valence-corrected chi connectivity index (χ2v) is 4.23. The van der Waals surface area contributed by atoms with Gasteiger partial charge in [0.2, 0.25) is 11.3 Å². The van der Waals surface area contributed by atoms with E-state index in [2.05, 4.69) is 20.7 Å². The van der Waals surface area contributed by atoms with Crippen molar-refractivity contribution in [3.63, 3.8) is 0 Å². The third-order valence-electron chi connectivity index (χ3n) is 1.63. The normalized spacial score (nSPS) is 12.5. The fourth-order valence-electron chi connectivity index (χ4n) is 1.02. The largest absolute Gasteiger partial charge is 0.496 e. The molecule has 0 radical (unpaired) electrons. The number of hydrogen-bond acceptors (Lipinski definition) is 2. The van der Waals surface area contributed by atoms with Crippen molar-refractivity contribution in [1.82, 2.24) is 4.72 Å². The molecule has 1 unspecified atom stereocenters. The highest BCUT2D eigenvalue weighted by Gasteiger charge is 2.04. The molecule has 0 aromatic heterocycles. The van der Waals surface area contributed by atoms with Gasteiger partial charge in [-0.3, -0.25) is 4.55 Å². The van der Waals surface area contributed by atoms with Crippen LogP contribution in [0.4, 0.5) is 0 Å². The molecule has 1 rings (SSSR count). The molecule has 0 amide bonds. The van der Waals surface area contributed by atoms with Crippen molar-refractivity contribution >= 4 is 27.2 Å². The number of hydrogen-bond donors (Lipinski definition) is 2. The van der Waals surface area contributed by atoms with E-state index in [0.717, 1.165) is 10.0 Å². The number of rotatable bonds is 4. The molecule has 0 aliphatic heterocycles. The number of ether oxygens (including phenoxy) is 1. The summed E-state index contributed by atoms with van der Waals surface area (Å²) in [5, 5.41) is 0. The smallest absolute Gasteiger partial charge is 0.232 e. The van der Waals surface area contributed by atoms with Crippen LogP contribution in [0.3, 0.4) is 0 Å². The third-order valence-corrected chi connectivity index (χ3v) is 2.51. The van der Waals surface area contributed by atoms with E-state index < -0.39 is 11.3 Å². The molecule has 78 valence electrons. The summed E-state index contributed by atoms with van der Waals surface area (Å²) in [4.78, 5) is 0. The van der Waals surface area contributed by atoms with E-state index in [0.29, 0.717) is 5.75 Å². The van der Waals surface area contributed by atoms with Gasteiger partial charge in [0.25, 0.3) is 0 Å². The Morgan fingerprint density at radius 2 is 2.36 bits per heavy atom. The van der Waals surface area contributed by atoms with Crippen molar-refractivity contribution in [2.45, 2.75) is 6.54 Å². The average Bonchev–Trinajstić information content (AvgIpc) is 2.15. The molecule has 14 heavy (non-hydrogen) atoms. The second kappa shape index (κ2) is 5.45.